The van der Waals surface area contributed by atoms with E-state index in [4.69, 9.17) is 20.9 Å². The number of hydrogen-bond donors (Lipinski definition) is 2. The molecule has 0 aliphatic heterocycles. The fourth-order valence-electron chi connectivity index (χ4n) is 1.39. The molecule has 4 heteroatoms. The molecule has 0 fully saturated rings. The summed E-state index contributed by atoms with van der Waals surface area (Å²) in [6, 6.07) is 5.56. The van der Waals surface area contributed by atoms with E-state index in [1.165, 1.54) is 0 Å². The van der Waals surface area contributed by atoms with Crippen molar-refractivity contribution in [2.75, 3.05) is 20.8 Å². The lowest BCUT2D eigenvalue weighted by molar-refractivity contribution is 0.392. The zero-order valence-corrected chi connectivity index (χ0v) is 9.19. The van der Waals surface area contributed by atoms with Crippen LogP contribution < -0.4 is 20.9 Å². The highest BCUT2D eigenvalue weighted by Crippen LogP contribution is 2.26. The topological polar surface area (TPSA) is 70.5 Å². The van der Waals surface area contributed by atoms with E-state index in [9.17, 15) is 0 Å². The van der Waals surface area contributed by atoms with E-state index in [-0.39, 0.29) is 6.04 Å². The van der Waals surface area contributed by atoms with E-state index in [0.717, 1.165) is 23.5 Å². The number of rotatable bonds is 5. The summed E-state index contributed by atoms with van der Waals surface area (Å²) in [6.07, 6.45) is 0.746. The number of benzene rings is 1. The van der Waals surface area contributed by atoms with Crippen molar-refractivity contribution in [2.24, 2.45) is 11.5 Å². The molecule has 1 atom stereocenters. The fraction of sp³-hybridized carbons (Fsp3) is 0.455. The van der Waals surface area contributed by atoms with Gasteiger partial charge in [-0.2, -0.15) is 0 Å². The molecule has 84 valence electrons. The van der Waals surface area contributed by atoms with Gasteiger partial charge in [-0.25, -0.2) is 0 Å². The van der Waals surface area contributed by atoms with Crippen molar-refractivity contribution < 1.29 is 9.47 Å². The highest BCUT2D eigenvalue weighted by atomic mass is 16.5. The van der Waals surface area contributed by atoms with E-state index in [1.807, 2.05) is 18.2 Å². The number of hydrogen-bond acceptors (Lipinski definition) is 4. The maximum Gasteiger partial charge on any atom is 0.122 e. The van der Waals surface area contributed by atoms with Crippen LogP contribution in [0, 0.1) is 0 Å². The molecule has 4 nitrogen and oxygen atoms in total. The van der Waals surface area contributed by atoms with Crippen LogP contribution in [0.4, 0.5) is 0 Å². The summed E-state index contributed by atoms with van der Waals surface area (Å²) in [7, 11) is 3.24. The van der Waals surface area contributed by atoms with Crippen LogP contribution >= 0.6 is 0 Å². The number of nitrogens with two attached hydrogens (primary N) is 2. The van der Waals surface area contributed by atoms with Crippen LogP contribution in [-0.4, -0.2) is 20.8 Å². The van der Waals surface area contributed by atoms with Gasteiger partial charge < -0.3 is 20.9 Å². The van der Waals surface area contributed by atoms with Crippen molar-refractivity contribution in [1.29, 1.82) is 0 Å². The average Bonchev–Trinajstić information content (AvgIpc) is 2.28. The van der Waals surface area contributed by atoms with Crippen LogP contribution in [0.15, 0.2) is 18.2 Å². The average molecular weight is 210 g/mol. The predicted octanol–water partition coefficient (Wildman–Crippen LogP) is 1.05. The van der Waals surface area contributed by atoms with Crippen molar-refractivity contribution in [1.82, 2.24) is 0 Å². The Morgan fingerprint density at radius 3 is 2.07 bits per heavy atom. The highest BCUT2D eigenvalue weighted by Gasteiger charge is 2.08. The first-order valence-electron chi connectivity index (χ1n) is 4.90. The van der Waals surface area contributed by atoms with Crippen LogP contribution in [0.5, 0.6) is 11.5 Å². The summed E-state index contributed by atoms with van der Waals surface area (Å²) in [5.74, 6) is 1.49. The molecule has 15 heavy (non-hydrogen) atoms. The van der Waals surface area contributed by atoms with Gasteiger partial charge in [0.05, 0.1) is 14.2 Å². The molecule has 0 saturated heterocycles. The van der Waals surface area contributed by atoms with Crippen LogP contribution in [0.25, 0.3) is 0 Å². The normalized spacial score (nSPS) is 12.3. The lowest BCUT2D eigenvalue weighted by Gasteiger charge is -2.13. The van der Waals surface area contributed by atoms with Crippen molar-refractivity contribution in [3.63, 3.8) is 0 Å². The third-order valence-corrected chi connectivity index (χ3v) is 2.28. The first-order chi connectivity index (χ1) is 7.21. The third kappa shape index (κ3) is 3.11. The Morgan fingerprint density at radius 1 is 1.13 bits per heavy atom. The zero-order valence-electron chi connectivity index (χ0n) is 9.19. The van der Waals surface area contributed by atoms with Gasteiger partial charge in [-0.05, 0) is 30.7 Å². The van der Waals surface area contributed by atoms with Crippen LogP contribution in [0.3, 0.4) is 0 Å². The zero-order chi connectivity index (χ0) is 11.3. The maximum atomic E-state index is 5.96. The molecule has 1 aromatic carbocycles. The lowest BCUT2D eigenvalue weighted by atomic mass is 10.0. The van der Waals surface area contributed by atoms with Crippen molar-refractivity contribution in [3.8, 4) is 11.5 Å². The molecule has 0 unspecified atom stereocenters. The molecule has 0 amide bonds. The summed E-state index contributed by atoms with van der Waals surface area (Å²) in [5, 5.41) is 0. The molecular formula is C11H18N2O2. The maximum absolute atomic E-state index is 5.96. The van der Waals surface area contributed by atoms with Gasteiger partial charge in [0.2, 0.25) is 0 Å². The largest absolute Gasteiger partial charge is 0.497 e. The Morgan fingerprint density at radius 2 is 1.67 bits per heavy atom. The minimum atomic E-state index is -0.0704. The minimum Gasteiger partial charge on any atom is -0.497 e. The molecule has 0 aromatic heterocycles. The molecule has 4 N–H and O–H groups in total. The lowest BCUT2D eigenvalue weighted by Crippen LogP contribution is -2.15. The first kappa shape index (κ1) is 11.8. The summed E-state index contributed by atoms with van der Waals surface area (Å²) >= 11 is 0. The van der Waals surface area contributed by atoms with Crippen molar-refractivity contribution in [3.05, 3.63) is 23.8 Å². The molecule has 0 spiro atoms. The molecule has 0 saturated carbocycles. The van der Waals surface area contributed by atoms with Crippen LogP contribution in [0.2, 0.25) is 0 Å². The van der Waals surface area contributed by atoms with E-state index in [2.05, 4.69) is 0 Å². The molecule has 0 radical (unpaired) electrons. The second-order valence-electron chi connectivity index (χ2n) is 3.33. The Balaban J connectivity index is 2.95. The molecule has 1 aromatic rings. The summed E-state index contributed by atoms with van der Waals surface area (Å²) in [5.41, 5.74) is 12.4. The third-order valence-electron chi connectivity index (χ3n) is 2.28. The molecule has 0 aliphatic carbocycles. The van der Waals surface area contributed by atoms with E-state index < -0.39 is 0 Å². The quantitative estimate of drug-likeness (QED) is 0.762. The van der Waals surface area contributed by atoms with Gasteiger partial charge in [-0.3, -0.25) is 0 Å². The Kier molecular flexibility index (Phi) is 4.39. The standard InChI is InChI=1S/C11H18N2O2/c1-14-9-5-8(11(13)3-4-12)6-10(7-9)15-2/h5-7,11H,3-4,12-13H2,1-2H3/t11-/m0/s1. The van der Waals surface area contributed by atoms with E-state index >= 15 is 0 Å². The Bertz CT molecular complexity index is 293. The van der Waals surface area contributed by atoms with Crippen LogP contribution in [0.1, 0.15) is 18.0 Å². The fourth-order valence-corrected chi connectivity index (χ4v) is 1.39. The molecule has 1 rings (SSSR count). The second-order valence-corrected chi connectivity index (χ2v) is 3.33. The minimum absolute atomic E-state index is 0.0704. The molecule has 0 heterocycles. The monoisotopic (exact) mass is 210 g/mol. The highest BCUT2D eigenvalue weighted by molar-refractivity contribution is 5.39. The van der Waals surface area contributed by atoms with Gasteiger partial charge in [-0.1, -0.05) is 0 Å². The Labute approximate surface area is 90.2 Å². The van der Waals surface area contributed by atoms with Gasteiger partial charge >= 0.3 is 0 Å². The molecular weight excluding hydrogens is 192 g/mol. The van der Waals surface area contributed by atoms with Gasteiger partial charge in [0.25, 0.3) is 0 Å². The number of methoxy groups -OCH3 is 2. The summed E-state index contributed by atoms with van der Waals surface area (Å²) in [4.78, 5) is 0. The summed E-state index contributed by atoms with van der Waals surface area (Å²) in [6.45, 7) is 0.570. The Hall–Kier alpha value is -1.26. The predicted molar refractivity (Wildman–Crippen MR) is 60.1 cm³/mol. The van der Waals surface area contributed by atoms with Crippen LogP contribution in [-0.2, 0) is 0 Å². The van der Waals surface area contributed by atoms with Crippen molar-refractivity contribution in [2.45, 2.75) is 12.5 Å². The van der Waals surface area contributed by atoms with E-state index in [1.54, 1.807) is 14.2 Å². The first-order valence-corrected chi connectivity index (χ1v) is 4.90. The smallest absolute Gasteiger partial charge is 0.122 e. The van der Waals surface area contributed by atoms with Gasteiger partial charge in [0.1, 0.15) is 11.5 Å². The molecule has 0 aliphatic rings. The summed E-state index contributed by atoms with van der Waals surface area (Å²) < 4.78 is 10.3. The SMILES string of the molecule is COc1cc(OC)cc([C@@H](N)CCN)c1. The number of ether oxygens (including phenoxy) is 2. The van der Waals surface area contributed by atoms with Gasteiger partial charge in [0.15, 0.2) is 0 Å². The molecule has 0 bridgehead atoms. The van der Waals surface area contributed by atoms with Crippen molar-refractivity contribution >= 4 is 0 Å². The van der Waals surface area contributed by atoms with Gasteiger partial charge in [0, 0.05) is 12.1 Å². The second kappa shape index (κ2) is 5.58. The van der Waals surface area contributed by atoms with E-state index in [0.29, 0.717) is 6.54 Å². The van der Waals surface area contributed by atoms with Gasteiger partial charge in [-0.15, -0.1) is 0 Å².